The van der Waals surface area contributed by atoms with Gasteiger partial charge in [-0.25, -0.2) is 0 Å². The van der Waals surface area contributed by atoms with E-state index in [1.165, 1.54) is 0 Å². The van der Waals surface area contributed by atoms with Crippen molar-refractivity contribution in [3.05, 3.63) is 12.4 Å². The van der Waals surface area contributed by atoms with Crippen molar-refractivity contribution in [2.45, 2.75) is 33.7 Å². The van der Waals surface area contributed by atoms with Gasteiger partial charge >= 0.3 is 0 Å². The summed E-state index contributed by atoms with van der Waals surface area (Å²) >= 11 is 0. The minimum atomic E-state index is 0.231. The van der Waals surface area contributed by atoms with Crippen LogP contribution in [0.1, 0.15) is 27.2 Å². The fraction of sp³-hybridized carbons (Fsp3) is 0.667. The van der Waals surface area contributed by atoms with Crippen LogP contribution in [-0.2, 0) is 11.3 Å². The van der Waals surface area contributed by atoms with E-state index in [0.29, 0.717) is 18.3 Å². The zero-order chi connectivity index (χ0) is 11.7. The van der Waals surface area contributed by atoms with Crippen LogP contribution in [0.15, 0.2) is 12.4 Å². The number of aromatic nitrogens is 2. The highest BCUT2D eigenvalue weighted by atomic mass is 16.2. The minimum Gasteiger partial charge on any atom is -0.309 e. The molecule has 1 fully saturated rings. The Kier molecular flexibility index (Phi) is 2.99. The summed E-state index contributed by atoms with van der Waals surface area (Å²) in [5.41, 5.74) is 0.940. The zero-order valence-corrected chi connectivity index (χ0v) is 10.2. The van der Waals surface area contributed by atoms with Gasteiger partial charge in [-0.15, -0.1) is 0 Å². The molecule has 1 aliphatic rings. The zero-order valence-electron chi connectivity index (χ0n) is 10.2. The quantitative estimate of drug-likeness (QED) is 0.782. The van der Waals surface area contributed by atoms with Gasteiger partial charge in [-0.3, -0.25) is 9.48 Å². The van der Waals surface area contributed by atoms with E-state index in [2.05, 4.69) is 18.9 Å². The molecule has 1 atom stereocenters. The number of hydrogen-bond donors (Lipinski definition) is 0. The molecule has 1 amide bonds. The second-order valence-corrected chi connectivity index (χ2v) is 4.77. The van der Waals surface area contributed by atoms with Crippen molar-refractivity contribution in [2.24, 2.45) is 11.8 Å². The summed E-state index contributed by atoms with van der Waals surface area (Å²) in [6.07, 6.45) is 4.40. The maximum Gasteiger partial charge on any atom is 0.227 e. The van der Waals surface area contributed by atoms with E-state index in [4.69, 9.17) is 0 Å². The number of carbonyl (C=O) groups is 1. The number of aryl methyl sites for hydroxylation is 1. The van der Waals surface area contributed by atoms with Gasteiger partial charge in [0.15, 0.2) is 0 Å². The largest absolute Gasteiger partial charge is 0.309 e. The summed E-state index contributed by atoms with van der Waals surface area (Å²) in [7, 11) is 0. The maximum atomic E-state index is 11.9. The molecule has 88 valence electrons. The van der Waals surface area contributed by atoms with Crippen LogP contribution in [-0.4, -0.2) is 22.2 Å². The Morgan fingerprint density at radius 3 is 2.81 bits per heavy atom. The maximum absolute atomic E-state index is 11.9. The molecule has 4 heteroatoms. The fourth-order valence-electron chi connectivity index (χ4n) is 2.10. The number of rotatable bonds is 3. The van der Waals surface area contributed by atoms with Crippen molar-refractivity contribution in [1.82, 2.24) is 9.78 Å². The number of anilines is 1. The Bertz CT molecular complexity index is 383. The van der Waals surface area contributed by atoms with Crippen LogP contribution < -0.4 is 4.90 Å². The van der Waals surface area contributed by atoms with Gasteiger partial charge in [0.1, 0.15) is 0 Å². The lowest BCUT2D eigenvalue weighted by Crippen LogP contribution is -2.24. The Balaban J connectivity index is 2.13. The summed E-state index contributed by atoms with van der Waals surface area (Å²) in [4.78, 5) is 13.7. The first-order valence-corrected chi connectivity index (χ1v) is 5.94. The Morgan fingerprint density at radius 2 is 2.31 bits per heavy atom. The lowest BCUT2D eigenvalue weighted by Gasteiger charge is -2.15. The average Bonchev–Trinajstić information content (AvgIpc) is 2.83. The van der Waals surface area contributed by atoms with Crippen molar-refractivity contribution in [3.8, 4) is 0 Å². The van der Waals surface area contributed by atoms with E-state index in [-0.39, 0.29) is 5.91 Å². The predicted molar refractivity (Wildman–Crippen MR) is 63.2 cm³/mol. The second-order valence-electron chi connectivity index (χ2n) is 4.77. The molecule has 0 aromatic carbocycles. The molecular formula is C12H19N3O. The van der Waals surface area contributed by atoms with Crippen molar-refractivity contribution in [2.75, 3.05) is 11.4 Å². The second kappa shape index (κ2) is 4.28. The normalized spacial score (nSPS) is 21.1. The average molecular weight is 221 g/mol. The molecule has 0 bridgehead atoms. The van der Waals surface area contributed by atoms with Crippen LogP contribution in [0.5, 0.6) is 0 Å². The monoisotopic (exact) mass is 221 g/mol. The van der Waals surface area contributed by atoms with Crippen LogP contribution in [0.4, 0.5) is 5.69 Å². The van der Waals surface area contributed by atoms with Crippen LogP contribution in [0, 0.1) is 11.8 Å². The van der Waals surface area contributed by atoms with Gasteiger partial charge in [-0.1, -0.05) is 13.8 Å². The first-order valence-electron chi connectivity index (χ1n) is 5.94. The van der Waals surface area contributed by atoms with E-state index in [1.54, 1.807) is 6.20 Å². The summed E-state index contributed by atoms with van der Waals surface area (Å²) < 4.78 is 1.85. The number of hydrogen-bond acceptors (Lipinski definition) is 2. The van der Waals surface area contributed by atoms with E-state index in [0.717, 1.165) is 18.8 Å². The molecule has 1 saturated heterocycles. The van der Waals surface area contributed by atoms with Gasteiger partial charge in [-0.05, 0) is 18.8 Å². The predicted octanol–water partition coefficient (Wildman–Crippen LogP) is 1.91. The lowest BCUT2D eigenvalue weighted by atomic mass is 9.95. The third kappa shape index (κ3) is 1.96. The highest BCUT2D eigenvalue weighted by Gasteiger charge is 2.32. The summed E-state index contributed by atoms with van der Waals surface area (Å²) in [6, 6.07) is 0. The molecule has 1 aromatic rings. The van der Waals surface area contributed by atoms with Crippen LogP contribution >= 0.6 is 0 Å². The van der Waals surface area contributed by atoms with E-state index in [1.807, 2.05) is 22.7 Å². The highest BCUT2D eigenvalue weighted by Crippen LogP contribution is 2.28. The molecule has 0 N–H and O–H groups in total. The lowest BCUT2D eigenvalue weighted by molar-refractivity contribution is -0.117. The Hall–Kier alpha value is -1.32. The molecule has 4 nitrogen and oxygen atoms in total. The van der Waals surface area contributed by atoms with Crippen molar-refractivity contribution >= 4 is 11.6 Å². The third-order valence-corrected chi connectivity index (χ3v) is 3.35. The SMILES string of the molecule is CCn1cc(N2CC(C(C)C)CC2=O)cn1. The van der Waals surface area contributed by atoms with Crippen LogP contribution in [0.3, 0.4) is 0 Å². The molecule has 1 aromatic heterocycles. The number of amides is 1. The van der Waals surface area contributed by atoms with Gasteiger partial charge in [0.05, 0.1) is 11.9 Å². The molecule has 2 heterocycles. The highest BCUT2D eigenvalue weighted by molar-refractivity contribution is 5.95. The third-order valence-electron chi connectivity index (χ3n) is 3.35. The van der Waals surface area contributed by atoms with Gasteiger partial charge in [0.2, 0.25) is 5.91 Å². The molecular weight excluding hydrogens is 202 g/mol. The van der Waals surface area contributed by atoms with Crippen LogP contribution in [0.25, 0.3) is 0 Å². The van der Waals surface area contributed by atoms with Gasteiger partial charge in [-0.2, -0.15) is 5.10 Å². The van der Waals surface area contributed by atoms with Gasteiger partial charge in [0.25, 0.3) is 0 Å². The Labute approximate surface area is 96.2 Å². The number of nitrogens with zero attached hydrogens (tertiary/aromatic N) is 3. The summed E-state index contributed by atoms with van der Waals surface area (Å²) in [5, 5.41) is 4.21. The molecule has 1 aliphatic heterocycles. The summed E-state index contributed by atoms with van der Waals surface area (Å²) in [6.45, 7) is 8.08. The van der Waals surface area contributed by atoms with Crippen molar-refractivity contribution < 1.29 is 4.79 Å². The standard InChI is InChI=1S/C12H19N3O/c1-4-14-8-11(6-13-14)15-7-10(9(2)3)5-12(15)16/h6,8-10H,4-5,7H2,1-3H3. The van der Waals surface area contributed by atoms with E-state index < -0.39 is 0 Å². The van der Waals surface area contributed by atoms with E-state index >= 15 is 0 Å². The van der Waals surface area contributed by atoms with Gasteiger partial charge in [0, 0.05) is 25.7 Å². The molecule has 1 unspecified atom stereocenters. The summed E-state index contributed by atoms with van der Waals surface area (Å²) in [5.74, 6) is 1.28. The molecule has 2 rings (SSSR count). The molecule has 0 radical (unpaired) electrons. The number of carbonyl (C=O) groups excluding carboxylic acids is 1. The molecule has 16 heavy (non-hydrogen) atoms. The van der Waals surface area contributed by atoms with Crippen molar-refractivity contribution in [3.63, 3.8) is 0 Å². The minimum absolute atomic E-state index is 0.231. The first kappa shape index (κ1) is 11.2. The van der Waals surface area contributed by atoms with Crippen LogP contribution in [0.2, 0.25) is 0 Å². The topological polar surface area (TPSA) is 38.1 Å². The van der Waals surface area contributed by atoms with E-state index in [9.17, 15) is 4.79 Å². The molecule has 0 aliphatic carbocycles. The Morgan fingerprint density at radius 1 is 1.56 bits per heavy atom. The van der Waals surface area contributed by atoms with Gasteiger partial charge < -0.3 is 4.90 Å². The van der Waals surface area contributed by atoms with Crippen molar-refractivity contribution in [1.29, 1.82) is 0 Å². The molecule has 0 spiro atoms. The smallest absolute Gasteiger partial charge is 0.227 e. The fourth-order valence-corrected chi connectivity index (χ4v) is 2.10. The molecule has 0 saturated carbocycles. The first-order chi connectivity index (χ1) is 7.61.